The number of nitrogens with zero attached hydrogens (tertiary/aromatic N) is 2. The molecule has 0 radical (unpaired) electrons. The summed E-state index contributed by atoms with van der Waals surface area (Å²) in [6, 6.07) is 9.23. The highest BCUT2D eigenvalue weighted by Gasteiger charge is 2.60. The van der Waals surface area contributed by atoms with E-state index in [0.29, 0.717) is 18.7 Å². The molecule has 2 saturated heterocycles. The van der Waals surface area contributed by atoms with Crippen LogP contribution in [0, 0.1) is 0 Å². The summed E-state index contributed by atoms with van der Waals surface area (Å²) in [5, 5.41) is 6.96. The van der Waals surface area contributed by atoms with Crippen LogP contribution in [0.2, 0.25) is 0 Å². The van der Waals surface area contributed by atoms with Gasteiger partial charge in [0, 0.05) is 25.5 Å². The summed E-state index contributed by atoms with van der Waals surface area (Å²) in [4.78, 5) is 66.0. The number of hydrogen-bond donors (Lipinski definition) is 3. The Morgan fingerprint density at radius 1 is 1.09 bits per heavy atom. The van der Waals surface area contributed by atoms with Crippen LogP contribution < -0.4 is 25.6 Å². The average Bonchev–Trinajstić information content (AvgIpc) is 3.16. The molecule has 1 spiro atoms. The van der Waals surface area contributed by atoms with E-state index in [9.17, 15) is 24.0 Å². The first-order valence-electron chi connectivity index (χ1n) is 10.8. The van der Waals surface area contributed by atoms with Gasteiger partial charge in [0.05, 0.1) is 11.9 Å². The zero-order chi connectivity index (χ0) is 24.3. The van der Waals surface area contributed by atoms with Crippen molar-refractivity contribution in [3.05, 3.63) is 48.2 Å². The third-order valence-corrected chi connectivity index (χ3v) is 5.63. The second-order valence-corrected chi connectivity index (χ2v) is 7.95. The van der Waals surface area contributed by atoms with Crippen molar-refractivity contribution in [3.8, 4) is 11.6 Å². The summed E-state index contributed by atoms with van der Waals surface area (Å²) in [7, 11) is 0. The molecule has 2 fully saturated rings. The van der Waals surface area contributed by atoms with Crippen LogP contribution in [0.25, 0.3) is 0 Å². The average molecular weight is 465 g/mol. The molecule has 0 atom stereocenters. The lowest BCUT2D eigenvalue weighted by Gasteiger charge is -2.37. The lowest BCUT2D eigenvalue weighted by Crippen LogP contribution is -2.72. The Hall–Kier alpha value is -4.28. The van der Waals surface area contributed by atoms with E-state index in [1.807, 2.05) is 19.1 Å². The van der Waals surface area contributed by atoms with Crippen LogP contribution in [0.3, 0.4) is 0 Å². The molecule has 34 heavy (non-hydrogen) atoms. The van der Waals surface area contributed by atoms with E-state index < -0.39 is 29.3 Å². The van der Waals surface area contributed by atoms with Crippen molar-refractivity contribution >= 4 is 35.3 Å². The molecule has 3 heterocycles. The number of nitrogens with one attached hydrogen (secondary N) is 3. The molecule has 3 N–H and O–H groups in total. The number of aromatic nitrogens is 1. The molecule has 0 saturated carbocycles. The van der Waals surface area contributed by atoms with E-state index in [1.165, 1.54) is 18.3 Å². The summed E-state index contributed by atoms with van der Waals surface area (Å²) in [6.45, 7) is 2.36. The minimum Gasteiger partial charge on any atom is -0.439 e. The Labute approximate surface area is 194 Å². The molecule has 1 aromatic carbocycles. The highest BCUT2D eigenvalue weighted by atomic mass is 16.5. The van der Waals surface area contributed by atoms with E-state index in [-0.39, 0.29) is 30.3 Å². The van der Waals surface area contributed by atoms with Crippen molar-refractivity contribution in [1.29, 1.82) is 0 Å². The molecule has 2 aromatic rings. The summed E-state index contributed by atoms with van der Waals surface area (Å²) in [5.74, 6) is -1.38. The Morgan fingerprint density at radius 3 is 2.41 bits per heavy atom. The van der Waals surface area contributed by atoms with Gasteiger partial charge in [0.15, 0.2) is 0 Å². The summed E-state index contributed by atoms with van der Waals surface area (Å²) in [6.07, 6.45) is 2.52. The van der Waals surface area contributed by atoms with E-state index in [4.69, 9.17) is 4.74 Å². The molecule has 2 aliphatic rings. The molecule has 2 aliphatic heterocycles. The number of benzene rings is 1. The smallest absolute Gasteiger partial charge is 0.328 e. The molecule has 0 unspecified atom stereocenters. The number of pyridine rings is 1. The highest BCUT2D eigenvalue weighted by Crippen LogP contribution is 2.37. The number of imide groups is 2. The fourth-order valence-corrected chi connectivity index (χ4v) is 3.94. The number of rotatable bonds is 7. The minimum atomic E-state index is -1.84. The first kappa shape index (κ1) is 22.9. The van der Waals surface area contributed by atoms with Gasteiger partial charge in [-0.2, -0.15) is 0 Å². The molecule has 0 bridgehead atoms. The van der Waals surface area contributed by atoms with Gasteiger partial charge < -0.3 is 10.1 Å². The summed E-state index contributed by atoms with van der Waals surface area (Å²) < 4.78 is 5.73. The van der Waals surface area contributed by atoms with Crippen LogP contribution in [0.5, 0.6) is 11.6 Å². The largest absolute Gasteiger partial charge is 0.439 e. The standard InChI is InChI=1S/C23H23N5O6/c1-2-3-17(29)24-12-14-4-7-16(8-5-14)34-18-9-6-15(13-25-18)28-19(30)10-11-23(28)20(31)26-22(33)27-21(23)32/h4-9,13H,2-3,10-12H2,1H3,(H,24,29)(H2,26,27,31,32,33). The van der Waals surface area contributed by atoms with Gasteiger partial charge in [0.2, 0.25) is 23.2 Å². The van der Waals surface area contributed by atoms with E-state index in [1.54, 1.807) is 12.1 Å². The predicted molar refractivity (Wildman–Crippen MR) is 119 cm³/mol. The highest BCUT2D eigenvalue weighted by molar-refractivity contribution is 6.28. The van der Waals surface area contributed by atoms with Crippen molar-refractivity contribution in [1.82, 2.24) is 20.9 Å². The number of barbiturate groups is 1. The van der Waals surface area contributed by atoms with Gasteiger partial charge in [-0.3, -0.25) is 34.7 Å². The molecule has 4 rings (SSSR count). The lowest BCUT2D eigenvalue weighted by atomic mass is 9.92. The number of anilines is 1. The summed E-state index contributed by atoms with van der Waals surface area (Å²) in [5.41, 5.74) is -0.689. The Morgan fingerprint density at radius 2 is 1.79 bits per heavy atom. The van der Waals surface area contributed by atoms with Crippen LogP contribution in [-0.4, -0.2) is 40.2 Å². The number of carbonyl (C=O) groups excluding carboxylic acids is 5. The molecule has 11 heteroatoms. The maximum Gasteiger partial charge on any atom is 0.328 e. The van der Waals surface area contributed by atoms with E-state index in [2.05, 4.69) is 20.9 Å². The molecular weight excluding hydrogens is 442 g/mol. The van der Waals surface area contributed by atoms with Gasteiger partial charge in [-0.15, -0.1) is 0 Å². The first-order valence-corrected chi connectivity index (χ1v) is 10.8. The molecule has 11 nitrogen and oxygen atoms in total. The van der Waals surface area contributed by atoms with Crippen molar-refractivity contribution in [2.24, 2.45) is 0 Å². The number of hydrogen-bond acceptors (Lipinski definition) is 7. The third kappa shape index (κ3) is 4.32. The quantitative estimate of drug-likeness (QED) is 0.525. The van der Waals surface area contributed by atoms with Crippen LogP contribution in [0.1, 0.15) is 38.2 Å². The summed E-state index contributed by atoms with van der Waals surface area (Å²) >= 11 is 0. The van der Waals surface area contributed by atoms with Crippen molar-refractivity contribution in [2.45, 2.75) is 44.7 Å². The zero-order valence-electron chi connectivity index (χ0n) is 18.4. The fourth-order valence-electron chi connectivity index (χ4n) is 3.94. The third-order valence-electron chi connectivity index (χ3n) is 5.63. The van der Waals surface area contributed by atoms with Gasteiger partial charge in [-0.1, -0.05) is 19.1 Å². The molecule has 0 aliphatic carbocycles. The van der Waals surface area contributed by atoms with Gasteiger partial charge in [0.1, 0.15) is 5.75 Å². The topological polar surface area (TPSA) is 147 Å². The molecular formula is C23H23N5O6. The van der Waals surface area contributed by atoms with Crippen LogP contribution >= 0.6 is 0 Å². The van der Waals surface area contributed by atoms with Crippen molar-refractivity contribution in [3.63, 3.8) is 0 Å². The second kappa shape index (κ2) is 9.30. The lowest BCUT2D eigenvalue weighted by molar-refractivity contribution is -0.138. The van der Waals surface area contributed by atoms with Gasteiger partial charge in [-0.05, 0) is 36.6 Å². The maximum atomic E-state index is 12.6. The van der Waals surface area contributed by atoms with E-state index in [0.717, 1.165) is 16.9 Å². The van der Waals surface area contributed by atoms with Crippen molar-refractivity contribution in [2.75, 3.05) is 4.90 Å². The van der Waals surface area contributed by atoms with Crippen LogP contribution in [-0.2, 0) is 25.7 Å². The molecule has 176 valence electrons. The Kier molecular flexibility index (Phi) is 6.26. The monoisotopic (exact) mass is 465 g/mol. The van der Waals surface area contributed by atoms with Crippen LogP contribution in [0.15, 0.2) is 42.6 Å². The normalized spacial score (nSPS) is 16.9. The van der Waals surface area contributed by atoms with Gasteiger partial charge in [-0.25, -0.2) is 9.78 Å². The van der Waals surface area contributed by atoms with E-state index >= 15 is 0 Å². The SMILES string of the molecule is CCCC(=O)NCc1ccc(Oc2ccc(N3C(=O)CCC34C(=O)NC(=O)NC4=O)cn2)cc1. The number of urea groups is 1. The zero-order valence-corrected chi connectivity index (χ0v) is 18.4. The molecule has 1 aromatic heterocycles. The van der Waals surface area contributed by atoms with Gasteiger partial charge >= 0.3 is 6.03 Å². The van der Waals surface area contributed by atoms with Gasteiger partial charge in [0.25, 0.3) is 11.8 Å². The minimum absolute atomic E-state index is 0.000156. The number of amides is 6. The number of ether oxygens (including phenoxy) is 1. The predicted octanol–water partition coefficient (Wildman–Crippen LogP) is 1.52. The Balaban J connectivity index is 1.45. The van der Waals surface area contributed by atoms with Crippen molar-refractivity contribution < 1.29 is 28.7 Å². The molecule has 6 amide bonds. The Bertz CT molecular complexity index is 1130. The number of carbonyl (C=O) groups is 5. The first-order chi connectivity index (χ1) is 16.3. The maximum absolute atomic E-state index is 12.6. The fraction of sp³-hybridized carbons (Fsp3) is 0.304. The van der Waals surface area contributed by atoms with Crippen LogP contribution in [0.4, 0.5) is 10.5 Å². The second-order valence-electron chi connectivity index (χ2n) is 7.95.